The van der Waals surface area contributed by atoms with Gasteiger partial charge in [-0.15, -0.1) is 0 Å². The predicted octanol–water partition coefficient (Wildman–Crippen LogP) is 1.16. The van der Waals surface area contributed by atoms with E-state index < -0.39 is 12.1 Å². The molecule has 0 bridgehead atoms. The third kappa shape index (κ3) is 3.63. The van der Waals surface area contributed by atoms with Crippen LogP contribution in [0.4, 0.5) is 0 Å². The zero-order valence-electron chi connectivity index (χ0n) is 8.48. The number of hydrogen-bond donors (Lipinski definition) is 2. The largest absolute Gasteiger partial charge is 0.384 e. The summed E-state index contributed by atoms with van der Waals surface area (Å²) in [6.45, 7) is 1.32. The first-order valence-corrected chi connectivity index (χ1v) is 5.07. The molecule has 15 heavy (non-hydrogen) atoms. The van der Waals surface area contributed by atoms with Gasteiger partial charge in [0.25, 0.3) is 0 Å². The number of halogens is 1. The summed E-state index contributed by atoms with van der Waals surface area (Å²) in [5.74, 6) is -0.315. The lowest BCUT2D eigenvalue weighted by Crippen LogP contribution is -2.40. The van der Waals surface area contributed by atoms with Gasteiger partial charge in [0, 0.05) is 11.1 Å². The average Bonchev–Trinajstić information content (AvgIpc) is 2.16. The molecule has 2 unspecified atom stereocenters. The topological polar surface area (TPSA) is 63.3 Å². The van der Waals surface area contributed by atoms with Crippen LogP contribution in [-0.4, -0.2) is 23.0 Å². The minimum atomic E-state index is -1.11. The minimum Gasteiger partial charge on any atom is -0.384 e. The second kappa shape index (κ2) is 5.26. The van der Waals surface area contributed by atoms with Crippen molar-refractivity contribution in [2.45, 2.75) is 25.5 Å². The van der Waals surface area contributed by atoms with Crippen molar-refractivity contribution in [3.8, 4) is 0 Å². The summed E-state index contributed by atoms with van der Waals surface area (Å²) < 4.78 is 0. The molecule has 0 aromatic heterocycles. The van der Waals surface area contributed by atoms with Gasteiger partial charge >= 0.3 is 0 Å². The quantitative estimate of drug-likeness (QED) is 0.812. The summed E-state index contributed by atoms with van der Waals surface area (Å²) in [6.07, 6.45) is -0.676. The molecule has 0 radical (unpaired) electrons. The van der Waals surface area contributed by atoms with E-state index in [9.17, 15) is 9.90 Å². The third-order valence-electron chi connectivity index (χ3n) is 2.18. The Morgan fingerprint density at radius 1 is 1.60 bits per heavy atom. The van der Waals surface area contributed by atoms with E-state index in [1.165, 1.54) is 6.92 Å². The first-order valence-electron chi connectivity index (χ1n) is 4.69. The summed E-state index contributed by atoms with van der Waals surface area (Å²) in [7, 11) is 0. The molecule has 0 fully saturated rings. The zero-order valence-corrected chi connectivity index (χ0v) is 9.24. The number of benzene rings is 1. The number of rotatable bonds is 4. The zero-order chi connectivity index (χ0) is 11.4. The maximum absolute atomic E-state index is 10.9. The van der Waals surface area contributed by atoms with E-state index in [1.54, 1.807) is 12.1 Å². The molecule has 1 rings (SSSR count). The highest BCUT2D eigenvalue weighted by atomic mass is 35.5. The third-order valence-corrected chi connectivity index (χ3v) is 2.42. The first kappa shape index (κ1) is 12.2. The number of carbonyl (C=O) groups is 1. The van der Waals surface area contributed by atoms with Crippen LogP contribution in [0.1, 0.15) is 12.5 Å². The fourth-order valence-electron chi connectivity index (χ4n) is 1.35. The molecule has 0 spiro atoms. The highest BCUT2D eigenvalue weighted by Crippen LogP contribution is 2.12. The molecule has 82 valence electrons. The van der Waals surface area contributed by atoms with Crippen molar-refractivity contribution in [2.24, 2.45) is 5.73 Å². The number of aliphatic hydroxyl groups excluding tert-OH is 1. The molecule has 0 aliphatic heterocycles. The van der Waals surface area contributed by atoms with Crippen molar-refractivity contribution < 1.29 is 9.90 Å². The second-order valence-electron chi connectivity index (χ2n) is 3.55. The molecular formula is C11H14ClNO2. The van der Waals surface area contributed by atoms with Gasteiger partial charge in [0.2, 0.25) is 0 Å². The summed E-state index contributed by atoms with van der Waals surface area (Å²) in [4.78, 5) is 10.9. The Morgan fingerprint density at radius 3 is 2.80 bits per heavy atom. The average molecular weight is 228 g/mol. The van der Waals surface area contributed by atoms with E-state index in [4.69, 9.17) is 17.3 Å². The van der Waals surface area contributed by atoms with Crippen LogP contribution in [0.15, 0.2) is 24.3 Å². The molecule has 1 aromatic carbocycles. The summed E-state index contributed by atoms with van der Waals surface area (Å²) in [5, 5.41) is 10.0. The fourth-order valence-corrected chi connectivity index (χ4v) is 1.56. The van der Waals surface area contributed by atoms with Crippen LogP contribution in [0.25, 0.3) is 0 Å². The lowest BCUT2D eigenvalue weighted by atomic mass is 10.0. The number of ketones is 1. The molecule has 0 heterocycles. The molecule has 1 aromatic rings. The predicted molar refractivity (Wildman–Crippen MR) is 59.8 cm³/mol. The Morgan fingerprint density at radius 2 is 2.27 bits per heavy atom. The van der Waals surface area contributed by atoms with Crippen molar-refractivity contribution in [1.29, 1.82) is 0 Å². The molecule has 0 aliphatic carbocycles. The Balaban J connectivity index is 2.66. The van der Waals surface area contributed by atoms with Gasteiger partial charge in [-0.05, 0) is 31.0 Å². The number of hydrogen-bond acceptors (Lipinski definition) is 3. The molecule has 4 heteroatoms. The van der Waals surface area contributed by atoms with E-state index in [0.29, 0.717) is 11.4 Å². The SMILES string of the molecule is CC(=O)C(O)C(N)Cc1cccc(Cl)c1. The number of Topliss-reactive ketones (excluding diaryl/α,β-unsaturated/α-hetero) is 1. The van der Waals surface area contributed by atoms with Crippen LogP contribution in [0.2, 0.25) is 5.02 Å². The number of nitrogens with two attached hydrogens (primary N) is 1. The highest BCUT2D eigenvalue weighted by molar-refractivity contribution is 6.30. The van der Waals surface area contributed by atoms with Crippen LogP contribution in [0.5, 0.6) is 0 Å². The lowest BCUT2D eigenvalue weighted by molar-refractivity contribution is -0.125. The van der Waals surface area contributed by atoms with Crippen LogP contribution in [-0.2, 0) is 11.2 Å². The molecule has 0 saturated heterocycles. The first-order chi connectivity index (χ1) is 7.00. The van der Waals surface area contributed by atoms with Gasteiger partial charge in [-0.1, -0.05) is 23.7 Å². The number of carbonyl (C=O) groups excluding carboxylic acids is 1. The van der Waals surface area contributed by atoms with Gasteiger partial charge in [-0.25, -0.2) is 0 Å². The van der Waals surface area contributed by atoms with Crippen LogP contribution in [0.3, 0.4) is 0 Å². The lowest BCUT2D eigenvalue weighted by Gasteiger charge is -2.16. The molecule has 0 amide bonds. The minimum absolute atomic E-state index is 0.315. The van der Waals surface area contributed by atoms with Gasteiger partial charge in [0.1, 0.15) is 6.10 Å². The van der Waals surface area contributed by atoms with Crippen molar-refractivity contribution >= 4 is 17.4 Å². The monoisotopic (exact) mass is 227 g/mol. The molecule has 3 nitrogen and oxygen atoms in total. The molecular weight excluding hydrogens is 214 g/mol. The van der Waals surface area contributed by atoms with Crippen molar-refractivity contribution in [3.05, 3.63) is 34.9 Å². The molecule has 0 saturated carbocycles. The number of aliphatic hydroxyl groups is 1. The van der Waals surface area contributed by atoms with Gasteiger partial charge in [0.15, 0.2) is 5.78 Å². The van der Waals surface area contributed by atoms with Crippen LogP contribution < -0.4 is 5.73 Å². The van der Waals surface area contributed by atoms with E-state index in [1.807, 2.05) is 12.1 Å². The van der Waals surface area contributed by atoms with E-state index in [-0.39, 0.29) is 5.78 Å². The van der Waals surface area contributed by atoms with E-state index in [2.05, 4.69) is 0 Å². The second-order valence-corrected chi connectivity index (χ2v) is 3.99. The van der Waals surface area contributed by atoms with Crippen LogP contribution in [0, 0.1) is 0 Å². The van der Waals surface area contributed by atoms with E-state index >= 15 is 0 Å². The Bertz CT molecular complexity index is 354. The van der Waals surface area contributed by atoms with Crippen molar-refractivity contribution in [2.75, 3.05) is 0 Å². The maximum atomic E-state index is 10.9. The maximum Gasteiger partial charge on any atom is 0.159 e. The molecule has 3 N–H and O–H groups in total. The van der Waals surface area contributed by atoms with Gasteiger partial charge in [-0.3, -0.25) is 4.79 Å². The Labute approximate surface area is 93.9 Å². The summed E-state index contributed by atoms with van der Waals surface area (Å²) >= 11 is 5.80. The molecule has 2 atom stereocenters. The Kier molecular flexibility index (Phi) is 4.27. The van der Waals surface area contributed by atoms with Gasteiger partial charge in [-0.2, -0.15) is 0 Å². The summed E-state index contributed by atoms with van der Waals surface area (Å²) in [5.41, 5.74) is 6.60. The summed E-state index contributed by atoms with van der Waals surface area (Å²) in [6, 6.07) is 6.62. The van der Waals surface area contributed by atoms with Crippen molar-refractivity contribution in [3.63, 3.8) is 0 Å². The normalized spacial score (nSPS) is 14.7. The standard InChI is InChI=1S/C11H14ClNO2/c1-7(14)11(15)10(13)6-8-3-2-4-9(12)5-8/h2-5,10-11,15H,6,13H2,1H3. The van der Waals surface area contributed by atoms with Gasteiger partial charge < -0.3 is 10.8 Å². The van der Waals surface area contributed by atoms with Crippen molar-refractivity contribution in [1.82, 2.24) is 0 Å². The Hall–Kier alpha value is -0.900. The smallest absolute Gasteiger partial charge is 0.159 e. The van der Waals surface area contributed by atoms with E-state index in [0.717, 1.165) is 5.56 Å². The fraction of sp³-hybridized carbons (Fsp3) is 0.364. The van der Waals surface area contributed by atoms with Gasteiger partial charge in [0.05, 0.1) is 0 Å². The van der Waals surface area contributed by atoms with Crippen LogP contribution >= 0.6 is 11.6 Å². The molecule has 0 aliphatic rings. The highest BCUT2D eigenvalue weighted by Gasteiger charge is 2.19.